The number of hydrogen-bond acceptors (Lipinski definition) is 1. The SMILES string of the molecule is C[Si](C)(C)OC(c1c(Cl)cccc1Cl)C(Cl)(Cl)Cl. The van der Waals surface area contributed by atoms with Crippen molar-refractivity contribution >= 4 is 66.3 Å². The van der Waals surface area contributed by atoms with Crippen molar-refractivity contribution in [2.24, 2.45) is 0 Å². The Bertz CT molecular complexity index is 404. The van der Waals surface area contributed by atoms with Crippen molar-refractivity contribution in [1.82, 2.24) is 0 Å². The predicted molar refractivity (Wildman–Crippen MR) is 83.9 cm³/mol. The third-order valence-electron chi connectivity index (χ3n) is 2.03. The van der Waals surface area contributed by atoms with Gasteiger partial charge in [0.1, 0.15) is 6.10 Å². The molecule has 0 fully saturated rings. The van der Waals surface area contributed by atoms with E-state index in [1.807, 2.05) is 19.6 Å². The predicted octanol–water partition coefficient (Wildman–Crippen LogP) is 6.26. The monoisotopic (exact) mass is 364 g/mol. The number of alkyl halides is 3. The molecule has 18 heavy (non-hydrogen) atoms. The molecule has 1 atom stereocenters. The Labute approximate surface area is 133 Å². The van der Waals surface area contributed by atoms with Crippen molar-refractivity contribution in [3.63, 3.8) is 0 Å². The van der Waals surface area contributed by atoms with E-state index >= 15 is 0 Å². The fourth-order valence-electron chi connectivity index (χ4n) is 1.40. The molecule has 1 nitrogen and oxygen atoms in total. The highest BCUT2D eigenvalue weighted by Gasteiger charge is 2.40. The zero-order valence-electron chi connectivity index (χ0n) is 10.1. The first kappa shape index (κ1) is 16.9. The van der Waals surface area contributed by atoms with E-state index in [1.54, 1.807) is 18.2 Å². The molecule has 0 amide bonds. The summed E-state index contributed by atoms with van der Waals surface area (Å²) in [6, 6.07) is 5.12. The molecule has 0 heterocycles. The van der Waals surface area contributed by atoms with Crippen molar-refractivity contribution < 1.29 is 4.43 Å². The van der Waals surface area contributed by atoms with Gasteiger partial charge in [-0.2, -0.15) is 0 Å². The second-order valence-electron chi connectivity index (χ2n) is 4.79. The molecule has 1 aromatic carbocycles. The molecule has 1 rings (SSSR count). The Balaban J connectivity index is 3.27. The molecule has 102 valence electrons. The lowest BCUT2D eigenvalue weighted by atomic mass is 10.1. The molecule has 0 N–H and O–H groups in total. The van der Waals surface area contributed by atoms with Crippen LogP contribution in [0.4, 0.5) is 0 Å². The van der Waals surface area contributed by atoms with Crippen LogP contribution in [0.2, 0.25) is 29.7 Å². The fourth-order valence-corrected chi connectivity index (χ4v) is 3.69. The summed E-state index contributed by atoms with van der Waals surface area (Å²) in [4.78, 5) is 0. The Hall–Kier alpha value is 0.847. The lowest BCUT2D eigenvalue weighted by Gasteiger charge is -2.32. The standard InChI is InChI=1S/C11H13Cl5OSi/c1-18(2,3)17-10(11(14,15)16)9-7(12)5-4-6-8(9)13/h4-6,10H,1-3H3. The summed E-state index contributed by atoms with van der Waals surface area (Å²) in [6.07, 6.45) is -0.782. The molecular weight excluding hydrogens is 353 g/mol. The maximum absolute atomic E-state index is 6.13. The van der Waals surface area contributed by atoms with Gasteiger partial charge in [-0.15, -0.1) is 0 Å². The highest BCUT2D eigenvalue weighted by Crippen LogP contribution is 2.47. The van der Waals surface area contributed by atoms with E-state index in [0.29, 0.717) is 15.6 Å². The van der Waals surface area contributed by atoms with Crippen molar-refractivity contribution in [1.29, 1.82) is 0 Å². The first-order chi connectivity index (χ1) is 8.02. The summed E-state index contributed by atoms with van der Waals surface area (Å²) in [5.74, 6) is 0. The normalized spacial score (nSPS) is 14.7. The highest BCUT2D eigenvalue weighted by atomic mass is 35.6. The second kappa shape index (κ2) is 6.09. The van der Waals surface area contributed by atoms with Gasteiger partial charge in [-0.1, -0.05) is 64.1 Å². The van der Waals surface area contributed by atoms with Gasteiger partial charge in [0.15, 0.2) is 8.32 Å². The first-order valence-corrected chi connectivity index (χ1v) is 10.5. The minimum atomic E-state index is -1.93. The topological polar surface area (TPSA) is 9.23 Å². The largest absolute Gasteiger partial charge is 0.406 e. The molecule has 0 saturated heterocycles. The maximum Gasteiger partial charge on any atom is 0.219 e. The van der Waals surface area contributed by atoms with Crippen molar-refractivity contribution in [2.75, 3.05) is 0 Å². The van der Waals surface area contributed by atoms with Gasteiger partial charge in [0.05, 0.1) is 0 Å². The van der Waals surface area contributed by atoms with E-state index < -0.39 is 18.2 Å². The number of benzene rings is 1. The van der Waals surface area contributed by atoms with Gasteiger partial charge < -0.3 is 4.43 Å². The fraction of sp³-hybridized carbons (Fsp3) is 0.455. The average molecular weight is 367 g/mol. The van der Waals surface area contributed by atoms with Crippen LogP contribution in [0.25, 0.3) is 0 Å². The quantitative estimate of drug-likeness (QED) is 0.453. The molecule has 1 unspecified atom stereocenters. The van der Waals surface area contributed by atoms with E-state index in [-0.39, 0.29) is 0 Å². The molecule has 1 aromatic rings. The summed E-state index contributed by atoms with van der Waals surface area (Å²) in [5.41, 5.74) is 0.517. The number of rotatable bonds is 3. The summed E-state index contributed by atoms with van der Waals surface area (Å²) in [5, 5.41) is 0.856. The van der Waals surface area contributed by atoms with Gasteiger partial charge in [-0.3, -0.25) is 0 Å². The lowest BCUT2D eigenvalue weighted by Crippen LogP contribution is -2.34. The van der Waals surface area contributed by atoms with Crippen LogP contribution in [-0.2, 0) is 4.43 Å². The zero-order valence-corrected chi connectivity index (χ0v) is 14.9. The van der Waals surface area contributed by atoms with Crippen LogP contribution in [0.1, 0.15) is 11.7 Å². The van der Waals surface area contributed by atoms with E-state index in [2.05, 4.69) is 0 Å². The molecule has 0 aromatic heterocycles. The Kier molecular flexibility index (Phi) is 5.72. The van der Waals surface area contributed by atoms with E-state index in [0.717, 1.165) is 0 Å². The molecule has 0 bridgehead atoms. The van der Waals surface area contributed by atoms with Crippen LogP contribution in [0.15, 0.2) is 18.2 Å². The van der Waals surface area contributed by atoms with Crippen LogP contribution >= 0.6 is 58.0 Å². The van der Waals surface area contributed by atoms with Crippen LogP contribution in [-0.4, -0.2) is 12.1 Å². The smallest absolute Gasteiger partial charge is 0.219 e. The van der Waals surface area contributed by atoms with Gasteiger partial charge in [-0.05, 0) is 31.8 Å². The Morgan fingerprint density at radius 2 is 1.50 bits per heavy atom. The molecule has 0 aliphatic carbocycles. The Morgan fingerprint density at radius 1 is 1.06 bits per heavy atom. The number of halogens is 5. The summed E-state index contributed by atoms with van der Waals surface area (Å²) in [6.45, 7) is 6.00. The van der Waals surface area contributed by atoms with E-state index in [4.69, 9.17) is 62.4 Å². The first-order valence-electron chi connectivity index (χ1n) is 5.21. The molecule has 0 saturated carbocycles. The maximum atomic E-state index is 6.13. The summed E-state index contributed by atoms with van der Waals surface area (Å²) >= 11 is 30.3. The Morgan fingerprint density at radius 3 is 1.83 bits per heavy atom. The van der Waals surface area contributed by atoms with Gasteiger partial charge in [0.2, 0.25) is 3.79 Å². The summed E-state index contributed by atoms with van der Waals surface area (Å²) < 4.78 is 4.29. The second-order valence-corrected chi connectivity index (χ2v) is 12.4. The van der Waals surface area contributed by atoms with Gasteiger partial charge >= 0.3 is 0 Å². The molecule has 0 radical (unpaired) electrons. The minimum Gasteiger partial charge on any atom is -0.406 e. The molecule has 0 aliphatic rings. The van der Waals surface area contributed by atoms with E-state index in [9.17, 15) is 0 Å². The minimum absolute atomic E-state index is 0.428. The van der Waals surface area contributed by atoms with Crippen molar-refractivity contribution in [2.45, 2.75) is 29.5 Å². The van der Waals surface area contributed by atoms with Gasteiger partial charge in [0, 0.05) is 15.6 Å². The van der Waals surface area contributed by atoms with Crippen LogP contribution in [0.5, 0.6) is 0 Å². The third kappa shape index (κ3) is 4.75. The lowest BCUT2D eigenvalue weighted by molar-refractivity contribution is 0.202. The molecule has 0 spiro atoms. The van der Waals surface area contributed by atoms with Crippen molar-refractivity contribution in [3.8, 4) is 0 Å². The van der Waals surface area contributed by atoms with Crippen LogP contribution in [0.3, 0.4) is 0 Å². The van der Waals surface area contributed by atoms with Gasteiger partial charge in [-0.25, -0.2) is 0 Å². The molecule has 0 aliphatic heterocycles. The zero-order chi connectivity index (χ0) is 14.1. The number of hydrogen-bond donors (Lipinski definition) is 0. The highest BCUT2D eigenvalue weighted by molar-refractivity contribution is 6.71. The van der Waals surface area contributed by atoms with Crippen LogP contribution in [0, 0.1) is 0 Å². The average Bonchev–Trinajstić information content (AvgIpc) is 2.12. The molecular formula is C11H13Cl5OSi. The van der Waals surface area contributed by atoms with Crippen LogP contribution < -0.4 is 0 Å². The third-order valence-corrected chi connectivity index (χ3v) is 4.23. The van der Waals surface area contributed by atoms with Crippen molar-refractivity contribution in [3.05, 3.63) is 33.8 Å². The molecule has 7 heteroatoms. The van der Waals surface area contributed by atoms with E-state index in [1.165, 1.54) is 0 Å². The summed E-state index contributed by atoms with van der Waals surface area (Å²) in [7, 11) is -1.93. The van der Waals surface area contributed by atoms with Gasteiger partial charge in [0.25, 0.3) is 0 Å².